The SMILES string of the molecule is CC(=O)c1csc(NC(=O)C2(c3ccc(Br)cc3)CCCC2)n1. The molecule has 3 rings (SSSR count). The van der Waals surface area contributed by atoms with Crippen LogP contribution in [0.4, 0.5) is 5.13 Å². The number of aromatic nitrogens is 1. The average molecular weight is 393 g/mol. The van der Waals surface area contributed by atoms with E-state index in [2.05, 4.69) is 26.2 Å². The quantitative estimate of drug-likeness (QED) is 0.775. The number of ketones is 1. The maximum Gasteiger partial charge on any atom is 0.236 e. The van der Waals surface area contributed by atoms with Gasteiger partial charge in [-0.2, -0.15) is 0 Å². The van der Waals surface area contributed by atoms with E-state index in [1.807, 2.05) is 24.3 Å². The van der Waals surface area contributed by atoms with Crippen LogP contribution < -0.4 is 5.32 Å². The third-order valence-electron chi connectivity index (χ3n) is 4.37. The molecule has 0 spiro atoms. The normalized spacial score (nSPS) is 16.3. The highest BCUT2D eigenvalue weighted by atomic mass is 79.9. The van der Waals surface area contributed by atoms with Crippen molar-refractivity contribution in [2.75, 3.05) is 5.32 Å². The van der Waals surface area contributed by atoms with Gasteiger partial charge in [-0.1, -0.05) is 40.9 Å². The zero-order valence-corrected chi connectivity index (χ0v) is 15.2. The molecule has 1 saturated carbocycles. The number of nitrogens with one attached hydrogen (secondary N) is 1. The van der Waals surface area contributed by atoms with Crippen LogP contribution in [0.3, 0.4) is 0 Å². The number of thiazole rings is 1. The highest BCUT2D eigenvalue weighted by Crippen LogP contribution is 2.42. The molecule has 1 aromatic heterocycles. The van der Waals surface area contributed by atoms with Gasteiger partial charge in [-0.25, -0.2) is 4.98 Å². The van der Waals surface area contributed by atoms with E-state index in [0.29, 0.717) is 10.8 Å². The number of rotatable bonds is 4. The van der Waals surface area contributed by atoms with E-state index in [-0.39, 0.29) is 11.7 Å². The summed E-state index contributed by atoms with van der Waals surface area (Å²) in [6.07, 6.45) is 3.76. The summed E-state index contributed by atoms with van der Waals surface area (Å²) >= 11 is 4.73. The van der Waals surface area contributed by atoms with Crippen molar-refractivity contribution in [3.63, 3.8) is 0 Å². The van der Waals surface area contributed by atoms with Gasteiger partial charge in [0.15, 0.2) is 10.9 Å². The third kappa shape index (κ3) is 3.23. The van der Waals surface area contributed by atoms with Crippen molar-refractivity contribution in [3.05, 3.63) is 45.4 Å². The van der Waals surface area contributed by atoms with Crippen molar-refractivity contribution in [1.82, 2.24) is 4.98 Å². The molecule has 2 aromatic rings. The summed E-state index contributed by atoms with van der Waals surface area (Å²) in [5.74, 6) is -0.119. The van der Waals surface area contributed by atoms with Crippen LogP contribution >= 0.6 is 27.3 Å². The van der Waals surface area contributed by atoms with Crippen LogP contribution in [-0.4, -0.2) is 16.7 Å². The fourth-order valence-corrected chi connectivity index (χ4v) is 4.11. The van der Waals surface area contributed by atoms with E-state index >= 15 is 0 Å². The summed E-state index contributed by atoms with van der Waals surface area (Å²) in [6, 6.07) is 7.97. The smallest absolute Gasteiger partial charge is 0.236 e. The predicted octanol–water partition coefficient (Wildman–Crippen LogP) is 4.56. The predicted molar refractivity (Wildman–Crippen MR) is 95.0 cm³/mol. The molecule has 1 aromatic carbocycles. The van der Waals surface area contributed by atoms with Crippen LogP contribution in [0.1, 0.15) is 48.7 Å². The van der Waals surface area contributed by atoms with E-state index < -0.39 is 5.41 Å². The number of carbonyl (C=O) groups is 2. The van der Waals surface area contributed by atoms with Crippen molar-refractivity contribution in [1.29, 1.82) is 0 Å². The Morgan fingerprint density at radius 1 is 1.22 bits per heavy atom. The maximum atomic E-state index is 13.0. The summed E-state index contributed by atoms with van der Waals surface area (Å²) in [4.78, 5) is 28.5. The Morgan fingerprint density at radius 3 is 2.43 bits per heavy atom. The zero-order chi connectivity index (χ0) is 16.4. The van der Waals surface area contributed by atoms with E-state index in [1.165, 1.54) is 18.3 Å². The molecule has 0 atom stereocenters. The lowest BCUT2D eigenvalue weighted by Gasteiger charge is -2.27. The standard InChI is InChI=1S/C17H17BrN2O2S/c1-11(21)14-10-23-16(19-14)20-15(22)17(8-2-3-9-17)12-4-6-13(18)7-5-12/h4-7,10H,2-3,8-9H2,1H3,(H,19,20,22). The van der Waals surface area contributed by atoms with Gasteiger partial charge >= 0.3 is 0 Å². The van der Waals surface area contributed by atoms with Crippen LogP contribution in [-0.2, 0) is 10.2 Å². The number of nitrogens with zero attached hydrogens (tertiary/aromatic N) is 1. The largest absolute Gasteiger partial charge is 0.301 e. The molecule has 0 bridgehead atoms. The molecular formula is C17H17BrN2O2S. The van der Waals surface area contributed by atoms with Crippen LogP contribution in [0.25, 0.3) is 0 Å². The van der Waals surface area contributed by atoms with Crippen LogP contribution in [0.2, 0.25) is 0 Å². The lowest BCUT2D eigenvalue weighted by atomic mass is 9.78. The topological polar surface area (TPSA) is 59.1 Å². The summed E-state index contributed by atoms with van der Waals surface area (Å²) in [5, 5.41) is 5.09. The summed E-state index contributed by atoms with van der Waals surface area (Å²) in [6.45, 7) is 1.47. The first-order valence-corrected chi connectivity index (χ1v) is 9.22. The molecule has 120 valence electrons. The second-order valence-electron chi connectivity index (χ2n) is 5.84. The second-order valence-corrected chi connectivity index (χ2v) is 7.62. The van der Waals surface area contributed by atoms with E-state index in [9.17, 15) is 9.59 Å². The Bertz CT molecular complexity index is 733. The molecule has 0 aliphatic heterocycles. The van der Waals surface area contributed by atoms with Crippen LogP contribution in [0.15, 0.2) is 34.1 Å². The van der Waals surface area contributed by atoms with Gasteiger partial charge in [0.05, 0.1) is 5.41 Å². The molecule has 1 aliphatic rings. The lowest BCUT2D eigenvalue weighted by molar-refractivity contribution is -0.121. The number of hydrogen-bond donors (Lipinski definition) is 1. The molecule has 0 unspecified atom stereocenters. The van der Waals surface area contributed by atoms with Gasteiger partial charge in [0.1, 0.15) is 5.69 Å². The fourth-order valence-electron chi connectivity index (χ4n) is 3.10. The highest BCUT2D eigenvalue weighted by molar-refractivity contribution is 9.10. The number of benzene rings is 1. The molecule has 1 N–H and O–H groups in total. The Hall–Kier alpha value is -1.53. The molecule has 1 fully saturated rings. The summed E-state index contributed by atoms with van der Waals surface area (Å²) in [7, 11) is 0. The Kier molecular flexibility index (Phi) is 4.64. The molecule has 0 radical (unpaired) electrons. The molecule has 0 saturated heterocycles. The molecule has 6 heteroatoms. The Labute approximate surface area is 147 Å². The molecule has 1 aliphatic carbocycles. The van der Waals surface area contributed by atoms with Crippen molar-refractivity contribution in [3.8, 4) is 0 Å². The minimum absolute atomic E-state index is 0.0261. The Morgan fingerprint density at radius 2 is 1.87 bits per heavy atom. The van der Waals surface area contributed by atoms with Crippen molar-refractivity contribution >= 4 is 44.1 Å². The fraction of sp³-hybridized carbons (Fsp3) is 0.353. The first kappa shape index (κ1) is 16.3. The van der Waals surface area contributed by atoms with Gasteiger partial charge < -0.3 is 5.32 Å². The van der Waals surface area contributed by atoms with Crippen molar-refractivity contribution in [2.45, 2.75) is 38.0 Å². The lowest BCUT2D eigenvalue weighted by Crippen LogP contribution is -2.38. The van der Waals surface area contributed by atoms with E-state index in [1.54, 1.807) is 5.38 Å². The van der Waals surface area contributed by atoms with Gasteiger partial charge in [-0.05, 0) is 30.5 Å². The van der Waals surface area contributed by atoms with Gasteiger partial charge in [0.25, 0.3) is 0 Å². The molecule has 23 heavy (non-hydrogen) atoms. The number of hydrogen-bond acceptors (Lipinski definition) is 4. The Balaban J connectivity index is 1.86. The minimum Gasteiger partial charge on any atom is -0.301 e. The first-order chi connectivity index (χ1) is 11.0. The van der Waals surface area contributed by atoms with Gasteiger partial charge in [-0.3, -0.25) is 9.59 Å². The second kappa shape index (κ2) is 6.53. The molecule has 1 amide bonds. The average Bonchev–Trinajstić information content (AvgIpc) is 3.17. The van der Waals surface area contributed by atoms with E-state index in [0.717, 1.165) is 35.7 Å². The van der Waals surface area contributed by atoms with Crippen LogP contribution in [0.5, 0.6) is 0 Å². The number of carbonyl (C=O) groups excluding carboxylic acids is 2. The third-order valence-corrected chi connectivity index (χ3v) is 5.66. The summed E-state index contributed by atoms with van der Waals surface area (Å²) in [5.41, 5.74) is 0.941. The molecular weight excluding hydrogens is 376 g/mol. The monoisotopic (exact) mass is 392 g/mol. The minimum atomic E-state index is -0.497. The maximum absolute atomic E-state index is 13.0. The zero-order valence-electron chi connectivity index (χ0n) is 12.8. The highest BCUT2D eigenvalue weighted by Gasteiger charge is 2.42. The van der Waals surface area contributed by atoms with Crippen molar-refractivity contribution in [2.24, 2.45) is 0 Å². The van der Waals surface area contributed by atoms with Crippen LogP contribution in [0, 0.1) is 0 Å². The molecule has 1 heterocycles. The van der Waals surface area contributed by atoms with E-state index in [4.69, 9.17) is 0 Å². The number of amides is 1. The number of halogens is 1. The van der Waals surface area contributed by atoms with Gasteiger partial charge in [0.2, 0.25) is 5.91 Å². The number of anilines is 1. The molecule has 4 nitrogen and oxygen atoms in total. The van der Waals surface area contributed by atoms with Crippen molar-refractivity contribution < 1.29 is 9.59 Å². The number of Topliss-reactive ketones (excluding diaryl/α,β-unsaturated/α-hetero) is 1. The summed E-state index contributed by atoms with van der Waals surface area (Å²) < 4.78 is 1.00. The first-order valence-electron chi connectivity index (χ1n) is 7.55. The van der Waals surface area contributed by atoms with Gasteiger partial charge in [-0.15, -0.1) is 11.3 Å². The van der Waals surface area contributed by atoms with Gasteiger partial charge in [0, 0.05) is 16.8 Å².